The van der Waals surface area contributed by atoms with Gasteiger partial charge in [-0.2, -0.15) is 0 Å². The summed E-state index contributed by atoms with van der Waals surface area (Å²) < 4.78 is 5.42. The molecule has 0 saturated heterocycles. The normalized spacial score (nSPS) is 11.4. The van der Waals surface area contributed by atoms with Gasteiger partial charge in [0.2, 0.25) is 0 Å². The molecular weight excluding hydrogens is 186 g/mol. The second kappa shape index (κ2) is 6.10. The Morgan fingerprint density at radius 1 is 1.33 bits per heavy atom. The van der Waals surface area contributed by atoms with Crippen LogP contribution >= 0.6 is 0 Å². The highest BCUT2D eigenvalue weighted by Crippen LogP contribution is 2.16. The van der Waals surface area contributed by atoms with Gasteiger partial charge in [-0.3, -0.25) is 0 Å². The summed E-state index contributed by atoms with van der Waals surface area (Å²) in [4.78, 5) is 0. The topological polar surface area (TPSA) is 21.3 Å². The van der Waals surface area contributed by atoms with Gasteiger partial charge in [-0.1, -0.05) is 18.1 Å². The minimum Gasteiger partial charge on any atom is -0.481 e. The van der Waals surface area contributed by atoms with E-state index in [0.717, 1.165) is 5.75 Å². The summed E-state index contributed by atoms with van der Waals surface area (Å²) >= 11 is 0. The van der Waals surface area contributed by atoms with Gasteiger partial charge in [0.25, 0.3) is 0 Å². The predicted molar refractivity (Wildman–Crippen MR) is 62.9 cm³/mol. The molecule has 15 heavy (non-hydrogen) atoms. The molecule has 1 unspecified atom stereocenters. The Morgan fingerprint density at radius 3 is 2.53 bits per heavy atom. The van der Waals surface area contributed by atoms with E-state index in [9.17, 15) is 0 Å². The Bertz CT molecular complexity index is 345. The number of hydrogen-bond acceptors (Lipinski definition) is 2. The SMILES string of the molecule is CC#CCOc1ccc(C(C)NC)cc1. The van der Waals surface area contributed by atoms with Crippen LogP contribution in [-0.4, -0.2) is 13.7 Å². The molecule has 1 rings (SSSR count). The standard InChI is InChI=1S/C13H17NO/c1-4-5-10-15-13-8-6-12(7-9-13)11(2)14-3/h6-9,11,14H,10H2,1-3H3. The molecular formula is C13H17NO. The number of nitrogens with one attached hydrogen (secondary N) is 1. The van der Waals surface area contributed by atoms with Crippen molar-refractivity contribution in [3.8, 4) is 17.6 Å². The molecule has 0 heterocycles. The van der Waals surface area contributed by atoms with Crippen LogP contribution in [0.5, 0.6) is 5.75 Å². The van der Waals surface area contributed by atoms with Crippen LogP contribution in [0.2, 0.25) is 0 Å². The second-order valence-corrected chi connectivity index (χ2v) is 3.29. The van der Waals surface area contributed by atoms with E-state index in [1.54, 1.807) is 6.92 Å². The third kappa shape index (κ3) is 3.65. The van der Waals surface area contributed by atoms with Crippen molar-refractivity contribution in [2.45, 2.75) is 19.9 Å². The molecule has 0 amide bonds. The van der Waals surface area contributed by atoms with E-state index in [-0.39, 0.29) is 0 Å². The number of hydrogen-bond donors (Lipinski definition) is 1. The zero-order valence-corrected chi connectivity index (χ0v) is 9.50. The molecule has 0 aliphatic carbocycles. The van der Waals surface area contributed by atoms with Crippen molar-refractivity contribution >= 4 is 0 Å². The first-order chi connectivity index (χ1) is 7.27. The molecule has 0 radical (unpaired) electrons. The van der Waals surface area contributed by atoms with Crippen LogP contribution < -0.4 is 10.1 Å². The Labute approximate surface area is 91.6 Å². The maximum absolute atomic E-state index is 5.42. The smallest absolute Gasteiger partial charge is 0.149 e. The monoisotopic (exact) mass is 203 g/mol. The summed E-state index contributed by atoms with van der Waals surface area (Å²) in [5.74, 6) is 6.52. The first-order valence-electron chi connectivity index (χ1n) is 5.07. The first kappa shape index (κ1) is 11.6. The summed E-state index contributed by atoms with van der Waals surface area (Å²) in [5.41, 5.74) is 1.26. The van der Waals surface area contributed by atoms with Gasteiger partial charge in [0.15, 0.2) is 0 Å². The van der Waals surface area contributed by atoms with E-state index in [0.29, 0.717) is 12.6 Å². The lowest BCUT2D eigenvalue weighted by Gasteiger charge is -2.10. The molecule has 1 aromatic carbocycles. The van der Waals surface area contributed by atoms with Gasteiger partial charge in [-0.15, -0.1) is 5.92 Å². The van der Waals surface area contributed by atoms with Crippen LogP contribution in [0.15, 0.2) is 24.3 Å². The molecule has 1 aromatic rings. The summed E-state index contributed by atoms with van der Waals surface area (Å²) in [6.07, 6.45) is 0. The van der Waals surface area contributed by atoms with E-state index in [1.807, 2.05) is 19.2 Å². The van der Waals surface area contributed by atoms with E-state index >= 15 is 0 Å². The third-order valence-electron chi connectivity index (χ3n) is 2.30. The van der Waals surface area contributed by atoms with E-state index in [2.05, 4.69) is 36.2 Å². The number of ether oxygens (including phenoxy) is 1. The van der Waals surface area contributed by atoms with Crippen LogP contribution in [0.3, 0.4) is 0 Å². The van der Waals surface area contributed by atoms with Gasteiger partial charge in [0.1, 0.15) is 12.4 Å². The van der Waals surface area contributed by atoms with Crippen molar-refractivity contribution in [2.24, 2.45) is 0 Å². The average molecular weight is 203 g/mol. The summed E-state index contributed by atoms with van der Waals surface area (Å²) in [6.45, 7) is 4.39. The molecule has 2 heteroatoms. The van der Waals surface area contributed by atoms with Crippen molar-refractivity contribution in [3.63, 3.8) is 0 Å². The maximum Gasteiger partial charge on any atom is 0.149 e. The lowest BCUT2D eigenvalue weighted by Crippen LogP contribution is -2.11. The average Bonchev–Trinajstić information content (AvgIpc) is 2.29. The highest BCUT2D eigenvalue weighted by atomic mass is 16.5. The molecule has 0 bridgehead atoms. The Kier molecular flexibility index (Phi) is 4.73. The van der Waals surface area contributed by atoms with Crippen molar-refractivity contribution < 1.29 is 4.74 Å². The van der Waals surface area contributed by atoms with Crippen molar-refractivity contribution in [2.75, 3.05) is 13.7 Å². The largest absolute Gasteiger partial charge is 0.481 e. The van der Waals surface area contributed by atoms with Crippen LogP contribution in [0, 0.1) is 11.8 Å². The highest BCUT2D eigenvalue weighted by molar-refractivity contribution is 5.29. The van der Waals surface area contributed by atoms with E-state index in [4.69, 9.17) is 4.74 Å². The molecule has 0 spiro atoms. The van der Waals surface area contributed by atoms with Crippen molar-refractivity contribution in [3.05, 3.63) is 29.8 Å². The van der Waals surface area contributed by atoms with Crippen molar-refractivity contribution in [1.29, 1.82) is 0 Å². The fourth-order valence-corrected chi connectivity index (χ4v) is 1.21. The maximum atomic E-state index is 5.42. The minimum absolute atomic E-state index is 0.370. The molecule has 2 nitrogen and oxygen atoms in total. The Hall–Kier alpha value is -1.46. The van der Waals surface area contributed by atoms with Crippen LogP contribution in [0.4, 0.5) is 0 Å². The summed E-state index contributed by atoms with van der Waals surface area (Å²) in [6, 6.07) is 8.45. The van der Waals surface area contributed by atoms with Crippen molar-refractivity contribution in [1.82, 2.24) is 5.32 Å². The van der Waals surface area contributed by atoms with Gasteiger partial charge in [0.05, 0.1) is 0 Å². The molecule has 0 saturated carbocycles. The van der Waals surface area contributed by atoms with Gasteiger partial charge in [-0.25, -0.2) is 0 Å². The van der Waals surface area contributed by atoms with E-state index in [1.165, 1.54) is 5.56 Å². The summed E-state index contributed by atoms with van der Waals surface area (Å²) in [7, 11) is 1.95. The van der Waals surface area contributed by atoms with Crippen LogP contribution in [-0.2, 0) is 0 Å². The molecule has 1 atom stereocenters. The molecule has 0 aliphatic rings. The minimum atomic E-state index is 0.370. The van der Waals surface area contributed by atoms with Gasteiger partial charge in [-0.05, 0) is 38.6 Å². The second-order valence-electron chi connectivity index (χ2n) is 3.29. The fourth-order valence-electron chi connectivity index (χ4n) is 1.21. The number of rotatable bonds is 4. The zero-order valence-electron chi connectivity index (χ0n) is 9.50. The van der Waals surface area contributed by atoms with Crippen LogP contribution in [0.25, 0.3) is 0 Å². The zero-order chi connectivity index (χ0) is 11.1. The predicted octanol–water partition coefficient (Wildman–Crippen LogP) is 2.37. The molecule has 0 fully saturated rings. The molecule has 1 N–H and O–H groups in total. The lowest BCUT2D eigenvalue weighted by atomic mass is 10.1. The summed E-state index contributed by atoms with van der Waals surface area (Å²) in [5, 5.41) is 3.19. The quantitative estimate of drug-likeness (QED) is 0.758. The van der Waals surface area contributed by atoms with E-state index < -0.39 is 0 Å². The Balaban J connectivity index is 2.58. The van der Waals surface area contributed by atoms with Crippen LogP contribution in [0.1, 0.15) is 25.5 Å². The lowest BCUT2D eigenvalue weighted by molar-refractivity contribution is 0.370. The van der Waals surface area contributed by atoms with Gasteiger partial charge in [0, 0.05) is 6.04 Å². The highest BCUT2D eigenvalue weighted by Gasteiger charge is 2.01. The Morgan fingerprint density at radius 2 is 2.00 bits per heavy atom. The molecule has 80 valence electrons. The third-order valence-corrected chi connectivity index (χ3v) is 2.30. The number of benzene rings is 1. The van der Waals surface area contributed by atoms with Gasteiger partial charge >= 0.3 is 0 Å². The van der Waals surface area contributed by atoms with Gasteiger partial charge < -0.3 is 10.1 Å². The molecule has 0 aliphatic heterocycles. The fraction of sp³-hybridized carbons (Fsp3) is 0.385. The molecule has 0 aromatic heterocycles. The first-order valence-corrected chi connectivity index (χ1v) is 5.07.